The Balaban J connectivity index is 0.00000200. The van der Waals surface area contributed by atoms with E-state index in [2.05, 4.69) is 4.98 Å². The van der Waals surface area contributed by atoms with Crippen LogP contribution in [-0.4, -0.2) is 18.6 Å². The Morgan fingerprint density at radius 3 is 2.40 bits per heavy atom. The summed E-state index contributed by atoms with van der Waals surface area (Å²) in [4.78, 5) is 3.55. The average molecular weight is 305 g/mol. The van der Waals surface area contributed by atoms with Gasteiger partial charge in [0.25, 0.3) is 0 Å². The molecule has 2 aromatic rings. The Bertz CT molecular complexity index is 537. The van der Waals surface area contributed by atoms with Crippen molar-refractivity contribution in [2.75, 3.05) is 6.61 Å². The Morgan fingerprint density at radius 2 is 1.75 bits per heavy atom. The molecule has 0 saturated carbocycles. The van der Waals surface area contributed by atoms with Crippen LogP contribution in [0.15, 0.2) is 48.8 Å². The summed E-state index contributed by atoms with van der Waals surface area (Å²) in [6, 6.07) is 10.6. The molecule has 0 fully saturated rings. The number of hydrogen-bond donors (Lipinski definition) is 0. The summed E-state index contributed by atoms with van der Waals surface area (Å²) >= 11 is 0. The van der Waals surface area contributed by atoms with Gasteiger partial charge in [0.2, 0.25) is 0 Å². The second-order valence-electron chi connectivity index (χ2n) is 4.11. The largest absolute Gasteiger partial charge is 1.00 e. The molecule has 1 aromatic carbocycles. The van der Waals surface area contributed by atoms with Gasteiger partial charge in [-0.1, -0.05) is 35.8 Å². The molecule has 2 rings (SSSR count). The van der Waals surface area contributed by atoms with Crippen molar-refractivity contribution in [2.45, 2.75) is 6.42 Å². The van der Waals surface area contributed by atoms with E-state index in [4.69, 9.17) is 4.74 Å². The minimum Gasteiger partial charge on any atom is -0.492 e. The van der Waals surface area contributed by atoms with Gasteiger partial charge in [-0.05, 0) is 11.6 Å². The van der Waals surface area contributed by atoms with Gasteiger partial charge in [0, 0.05) is 12.6 Å². The number of ether oxygens (including phenoxy) is 1. The number of pyridine rings is 1. The van der Waals surface area contributed by atoms with Gasteiger partial charge in [-0.3, -0.25) is 4.98 Å². The summed E-state index contributed by atoms with van der Waals surface area (Å²) in [5.74, 6) is 0.146. The SMILES string of the molecule is F[B-](F)(F)c1cncc(OCCc2ccccc2)c1.[K+]. The molecule has 0 bridgehead atoms. The quantitative estimate of drug-likeness (QED) is 0.712. The van der Waals surface area contributed by atoms with E-state index in [1.807, 2.05) is 30.3 Å². The van der Waals surface area contributed by atoms with E-state index in [1.165, 1.54) is 6.20 Å². The van der Waals surface area contributed by atoms with Crippen LogP contribution in [0.2, 0.25) is 0 Å². The third-order valence-corrected chi connectivity index (χ3v) is 2.61. The summed E-state index contributed by atoms with van der Waals surface area (Å²) in [6.45, 7) is -4.71. The van der Waals surface area contributed by atoms with Crippen LogP contribution in [0.4, 0.5) is 12.9 Å². The topological polar surface area (TPSA) is 22.1 Å². The molecule has 2 nitrogen and oxygen atoms in total. The van der Waals surface area contributed by atoms with Gasteiger partial charge in [0.15, 0.2) is 0 Å². The van der Waals surface area contributed by atoms with Crippen LogP contribution in [-0.2, 0) is 6.42 Å². The fourth-order valence-electron chi connectivity index (χ4n) is 1.62. The Morgan fingerprint density at radius 1 is 1.05 bits per heavy atom. The molecular formula is C13H12BF3KNO. The molecule has 0 unspecified atom stereocenters. The third kappa shape index (κ3) is 5.57. The average Bonchev–Trinajstić information content (AvgIpc) is 2.39. The van der Waals surface area contributed by atoms with Crippen molar-refractivity contribution in [3.63, 3.8) is 0 Å². The maximum absolute atomic E-state index is 12.5. The van der Waals surface area contributed by atoms with Crippen molar-refractivity contribution in [2.24, 2.45) is 0 Å². The fourth-order valence-corrected chi connectivity index (χ4v) is 1.62. The molecule has 1 heterocycles. The van der Waals surface area contributed by atoms with E-state index in [9.17, 15) is 12.9 Å². The van der Waals surface area contributed by atoms with Gasteiger partial charge >= 0.3 is 58.4 Å². The molecule has 0 amide bonds. The zero-order valence-corrected chi connectivity index (χ0v) is 14.2. The Kier molecular flexibility index (Phi) is 7.25. The summed E-state index contributed by atoms with van der Waals surface area (Å²) in [7, 11) is 0. The molecule has 0 aliphatic carbocycles. The third-order valence-electron chi connectivity index (χ3n) is 2.61. The first-order valence-electron chi connectivity index (χ1n) is 5.87. The van der Waals surface area contributed by atoms with Crippen molar-refractivity contribution in [1.29, 1.82) is 0 Å². The van der Waals surface area contributed by atoms with Gasteiger partial charge in [0.1, 0.15) is 5.75 Å². The molecular weight excluding hydrogens is 293 g/mol. The molecule has 0 saturated heterocycles. The van der Waals surface area contributed by atoms with Crippen LogP contribution in [0.1, 0.15) is 5.56 Å². The molecule has 0 radical (unpaired) electrons. The summed E-state index contributed by atoms with van der Waals surface area (Å²) in [6.07, 6.45) is 2.74. The van der Waals surface area contributed by atoms with E-state index in [1.54, 1.807) is 0 Å². The van der Waals surface area contributed by atoms with E-state index >= 15 is 0 Å². The number of hydrogen-bond acceptors (Lipinski definition) is 2. The molecule has 7 heteroatoms. The summed E-state index contributed by atoms with van der Waals surface area (Å²) in [5.41, 5.74) is 0.337. The van der Waals surface area contributed by atoms with E-state index < -0.39 is 12.4 Å². The molecule has 0 aliphatic rings. The molecule has 0 aliphatic heterocycles. The van der Waals surface area contributed by atoms with Crippen molar-refractivity contribution in [1.82, 2.24) is 4.98 Å². The van der Waals surface area contributed by atoms with Crippen LogP contribution < -0.4 is 61.6 Å². The number of aromatic nitrogens is 1. The maximum Gasteiger partial charge on any atom is 1.00 e. The maximum atomic E-state index is 12.5. The minimum atomic E-state index is -5.03. The first kappa shape index (κ1) is 17.7. The van der Waals surface area contributed by atoms with Gasteiger partial charge < -0.3 is 17.7 Å². The van der Waals surface area contributed by atoms with Gasteiger partial charge in [0.05, 0.1) is 12.8 Å². The molecule has 0 N–H and O–H groups in total. The van der Waals surface area contributed by atoms with Gasteiger partial charge in [-0.25, -0.2) is 0 Å². The first-order valence-corrected chi connectivity index (χ1v) is 5.87. The van der Waals surface area contributed by atoms with E-state index in [-0.39, 0.29) is 57.1 Å². The predicted octanol–water partition coefficient (Wildman–Crippen LogP) is -0.239. The molecule has 20 heavy (non-hydrogen) atoms. The van der Waals surface area contributed by atoms with E-state index in [0.717, 1.165) is 17.8 Å². The normalized spacial score (nSPS) is 10.8. The summed E-state index contributed by atoms with van der Waals surface area (Å²) < 4.78 is 42.9. The number of nitrogens with zero attached hydrogens (tertiary/aromatic N) is 1. The van der Waals surface area contributed by atoms with Crippen molar-refractivity contribution < 1.29 is 69.1 Å². The molecule has 100 valence electrons. The molecule has 0 atom stereocenters. The van der Waals surface area contributed by atoms with Crippen LogP contribution in [0, 0.1) is 0 Å². The number of rotatable bonds is 5. The number of halogens is 3. The van der Waals surface area contributed by atoms with Crippen LogP contribution in [0.3, 0.4) is 0 Å². The standard InChI is InChI=1S/C13H12BF3NO.K/c15-14(16,17)12-8-13(10-18-9-12)19-7-6-11-4-2-1-3-5-11;/h1-5,8-10H,6-7H2;/q-1;+1. The van der Waals surface area contributed by atoms with Crippen molar-refractivity contribution in [3.8, 4) is 5.75 Å². The van der Waals surface area contributed by atoms with Crippen LogP contribution in [0.25, 0.3) is 0 Å². The van der Waals surface area contributed by atoms with Crippen LogP contribution >= 0.6 is 0 Å². The second kappa shape index (κ2) is 8.19. The summed E-state index contributed by atoms with van der Waals surface area (Å²) in [5, 5.41) is 0. The molecule has 1 aromatic heterocycles. The predicted molar refractivity (Wildman–Crippen MR) is 68.6 cm³/mol. The number of benzene rings is 1. The van der Waals surface area contributed by atoms with E-state index in [0.29, 0.717) is 13.0 Å². The second-order valence-corrected chi connectivity index (χ2v) is 4.11. The zero-order chi connectivity index (χ0) is 13.7. The van der Waals surface area contributed by atoms with Crippen molar-refractivity contribution in [3.05, 3.63) is 54.4 Å². The van der Waals surface area contributed by atoms with Crippen LogP contribution in [0.5, 0.6) is 5.75 Å². The Labute approximate surface area is 158 Å². The van der Waals surface area contributed by atoms with Gasteiger partial charge in [-0.15, -0.1) is 0 Å². The first-order chi connectivity index (χ1) is 9.05. The zero-order valence-electron chi connectivity index (χ0n) is 11.1. The fraction of sp³-hybridized carbons (Fsp3) is 0.154. The van der Waals surface area contributed by atoms with Crippen molar-refractivity contribution >= 4 is 12.4 Å². The molecule has 0 spiro atoms. The van der Waals surface area contributed by atoms with Gasteiger partial charge in [-0.2, -0.15) is 0 Å². The minimum absolute atomic E-state index is 0. The monoisotopic (exact) mass is 305 g/mol. The smallest absolute Gasteiger partial charge is 0.492 e. The Hall–Kier alpha value is -0.339.